The van der Waals surface area contributed by atoms with E-state index in [4.69, 9.17) is 0 Å². The summed E-state index contributed by atoms with van der Waals surface area (Å²) in [5, 5.41) is 3.00. The van der Waals surface area contributed by atoms with Crippen LogP contribution in [0.25, 0.3) is 0 Å². The first-order valence-corrected chi connectivity index (χ1v) is 10.5. The van der Waals surface area contributed by atoms with Gasteiger partial charge >= 0.3 is 0 Å². The first-order valence-electron chi connectivity index (χ1n) is 9.14. The Labute approximate surface area is 150 Å². The van der Waals surface area contributed by atoms with E-state index in [0.29, 0.717) is 19.6 Å². The number of hydrogen-bond donors (Lipinski definition) is 1. The summed E-state index contributed by atoms with van der Waals surface area (Å²) in [5.41, 5.74) is 0.958. The van der Waals surface area contributed by atoms with E-state index in [1.165, 1.54) is 15.0 Å². The van der Waals surface area contributed by atoms with Gasteiger partial charge in [-0.2, -0.15) is 17.0 Å². The van der Waals surface area contributed by atoms with E-state index >= 15 is 0 Å². The fourth-order valence-electron chi connectivity index (χ4n) is 3.61. The molecule has 0 radical (unpaired) electrons. The molecule has 1 aliphatic carbocycles. The molecule has 1 aliphatic heterocycles. The van der Waals surface area contributed by atoms with Gasteiger partial charge in [-0.3, -0.25) is 4.79 Å². The summed E-state index contributed by atoms with van der Waals surface area (Å²) >= 11 is 0. The third kappa shape index (κ3) is 4.80. The van der Waals surface area contributed by atoms with E-state index in [-0.39, 0.29) is 18.5 Å². The predicted molar refractivity (Wildman–Crippen MR) is 97.0 cm³/mol. The van der Waals surface area contributed by atoms with Crippen LogP contribution in [-0.2, 0) is 21.5 Å². The molecule has 1 heterocycles. The van der Waals surface area contributed by atoms with E-state index in [2.05, 4.69) is 5.32 Å². The number of amides is 1. The van der Waals surface area contributed by atoms with E-state index in [1.807, 2.05) is 30.3 Å². The van der Waals surface area contributed by atoms with Crippen LogP contribution in [0.5, 0.6) is 0 Å². The zero-order chi connectivity index (χ0) is 17.7. The van der Waals surface area contributed by atoms with Crippen LogP contribution in [0.1, 0.15) is 44.1 Å². The second-order valence-corrected chi connectivity index (χ2v) is 8.84. The Bertz CT molecular complexity index is 672. The van der Waals surface area contributed by atoms with Crippen LogP contribution >= 0.6 is 0 Å². The molecule has 0 atom stereocenters. The Balaban J connectivity index is 1.60. The number of carbonyl (C=O) groups is 1. The summed E-state index contributed by atoms with van der Waals surface area (Å²) in [5.74, 6) is -0.183. The van der Waals surface area contributed by atoms with Crippen LogP contribution < -0.4 is 5.32 Å². The first kappa shape index (κ1) is 18.4. The van der Waals surface area contributed by atoms with Gasteiger partial charge in [0.25, 0.3) is 10.2 Å². The molecule has 1 amide bonds. The number of nitrogens with one attached hydrogen (secondary N) is 1. The van der Waals surface area contributed by atoms with Gasteiger partial charge in [-0.15, -0.1) is 0 Å². The Hall–Kier alpha value is -1.44. The van der Waals surface area contributed by atoms with Crippen molar-refractivity contribution >= 4 is 16.1 Å². The average molecular weight is 365 g/mol. The van der Waals surface area contributed by atoms with E-state index in [1.54, 1.807) is 0 Å². The molecule has 7 heteroatoms. The van der Waals surface area contributed by atoms with Crippen molar-refractivity contribution in [2.45, 2.75) is 51.1 Å². The number of rotatable bonds is 5. The molecule has 0 bridgehead atoms. The normalized spacial score (nSPS) is 22.6. The maximum atomic E-state index is 12.8. The van der Waals surface area contributed by atoms with Gasteiger partial charge in [-0.05, 0) is 24.8 Å². The highest BCUT2D eigenvalue weighted by atomic mass is 32.2. The molecule has 1 N–H and O–H groups in total. The monoisotopic (exact) mass is 365 g/mol. The fourth-order valence-corrected chi connectivity index (χ4v) is 5.25. The van der Waals surface area contributed by atoms with Crippen LogP contribution in [0.2, 0.25) is 0 Å². The SMILES string of the molecule is O=C(CN1CCCN(Cc2ccccc2)S1(=O)=O)NC1CCCCC1. The summed E-state index contributed by atoms with van der Waals surface area (Å²) in [7, 11) is -3.59. The first-order chi connectivity index (χ1) is 12.1. The lowest BCUT2D eigenvalue weighted by Crippen LogP contribution is -2.53. The van der Waals surface area contributed by atoms with Crippen molar-refractivity contribution in [1.82, 2.24) is 13.9 Å². The third-order valence-corrected chi connectivity index (χ3v) is 6.89. The minimum atomic E-state index is -3.59. The highest BCUT2D eigenvalue weighted by Gasteiger charge is 2.34. The molecule has 25 heavy (non-hydrogen) atoms. The molecule has 2 aliphatic rings. The lowest BCUT2D eigenvalue weighted by molar-refractivity contribution is -0.122. The van der Waals surface area contributed by atoms with Crippen LogP contribution in [-0.4, -0.2) is 48.6 Å². The van der Waals surface area contributed by atoms with Crippen LogP contribution in [0.15, 0.2) is 30.3 Å². The predicted octanol–water partition coefficient (Wildman–Crippen LogP) is 1.89. The van der Waals surface area contributed by atoms with E-state index in [9.17, 15) is 13.2 Å². The van der Waals surface area contributed by atoms with Crippen molar-refractivity contribution in [1.29, 1.82) is 0 Å². The van der Waals surface area contributed by atoms with Gasteiger partial charge in [-0.25, -0.2) is 0 Å². The van der Waals surface area contributed by atoms with Crippen molar-refractivity contribution in [2.24, 2.45) is 0 Å². The quantitative estimate of drug-likeness (QED) is 0.866. The summed E-state index contributed by atoms with van der Waals surface area (Å²) in [6.45, 7) is 1.18. The maximum Gasteiger partial charge on any atom is 0.282 e. The van der Waals surface area contributed by atoms with E-state index < -0.39 is 10.2 Å². The molecule has 1 saturated heterocycles. The maximum absolute atomic E-state index is 12.8. The second kappa shape index (κ2) is 8.29. The Morgan fingerprint density at radius 1 is 1.00 bits per heavy atom. The topological polar surface area (TPSA) is 69.7 Å². The molecular formula is C18H27N3O3S. The molecule has 1 aromatic carbocycles. The largest absolute Gasteiger partial charge is 0.352 e. The number of hydrogen-bond acceptors (Lipinski definition) is 3. The molecule has 0 spiro atoms. The standard InChI is InChI=1S/C18H27N3O3S/c22-18(19-17-10-5-2-6-11-17)15-21-13-7-12-20(25(21,23)24)14-16-8-3-1-4-9-16/h1,3-4,8-9,17H,2,5-7,10-15H2,(H,19,22). The minimum absolute atomic E-state index is 0.0792. The van der Waals surface area contributed by atoms with Gasteiger partial charge in [0.2, 0.25) is 5.91 Å². The summed E-state index contributed by atoms with van der Waals surface area (Å²) in [6.07, 6.45) is 6.23. The summed E-state index contributed by atoms with van der Waals surface area (Å²) < 4.78 is 28.4. The molecule has 0 aromatic heterocycles. The fraction of sp³-hybridized carbons (Fsp3) is 0.611. The lowest BCUT2D eigenvalue weighted by atomic mass is 9.95. The minimum Gasteiger partial charge on any atom is -0.352 e. The summed E-state index contributed by atoms with van der Waals surface area (Å²) in [6, 6.07) is 9.77. The Morgan fingerprint density at radius 2 is 1.68 bits per heavy atom. The van der Waals surface area contributed by atoms with Crippen molar-refractivity contribution in [3.8, 4) is 0 Å². The van der Waals surface area contributed by atoms with Crippen molar-refractivity contribution in [2.75, 3.05) is 19.6 Å². The average Bonchev–Trinajstić information content (AvgIpc) is 2.60. The van der Waals surface area contributed by atoms with Crippen LogP contribution in [0.4, 0.5) is 0 Å². The van der Waals surface area contributed by atoms with E-state index in [0.717, 1.165) is 37.7 Å². The van der Waals surface area contributed by atoms with Gasteiger partial charge in [0, 0.05) is 25.7 Å². The van der Waals surface area contributed by atoms with Gasteiger partial charge in [0.05, 0.1) is 6.54 Å². The highest BCUT2D eigenvalue weighted by Crippen LogP contribution is 2.20. The molecule has 0 unspecified atom stereocenters. The molecule has 3 rings (SSSR count). The molecular weight excluding hydrogens is 338 g/mol. The number of nitrogens with zero attached hydrogens (tertiary/aromatic N) is 2. The number of carbonyl (C=O) groups excluding carboxylic acids is 1. The summed E-state index contributed by atoms with van der Waals surface area (Å²) in [4.78, 5) is 12.3. The molecule has 1 aromatic rings. The van der Waals surface area contributed by atoms with Gasteiger partial charge in [0.1, 0.15) is 0 Å². The third-order valence-electron chi connectivity index (χ3n) is 4.96. The number of benzene rings is 1. The van der Waals surface area contributed by atoms with Gasteiger partial charge in [-0.1, -0.05) is 49.6 Å². The zero-order valence-corrected chi connectivity index (χ0v) is 15.4. The van der Waals surface area contributed by atoms with Gasteiger partial charge < -0.3 is 5.32 Å². The van der Waals surface area contributed by atoms with Gasteiger partial charge in [0.15, 0.2) is 0 Å². The van der Waals surface area contributed by atoms with Crippen LogP contribution in [0, 0.1) is 0 Å². The van der Waals surface area contributed by atoms with Crippen molar-refractivity contribution in [3.05, 3.63) is 35.9 Å². The Morgan fingerprint density at radius 3 is 2.40 bits per heavy atom. The molecule has 1 saturated carbocycles. The Kier molecular flexibility index (Phi) is 6.09. The second-order valence-electron chi connectivity index (χ2n) is 6.92. The highest BCUT2D eigenvalue weighted by molar-refractivity contribution is 7.86. The molecule has 6 nitrogen and oxygen atoms in total. The van der Waals surface area contributed by atoms with Crippen molar-refractivity contribution < 1.29 is 13.2 Å². The smallest absolute Gasteiger partial charge is 0.282 e. The molecule has 138 valence electrons. The van der Waals surface area contributed by atoms with Crippen LogP contribution in [0.3, 0.4) is 0 Å². The van der Waals surface area contributed by atoms with Crippen molar-refractivity contribution in [3.63, 3.8) is 0 Å². The zero-order valence-electron chi connectivity index (χ0n) is 14.6. The molecule has 2 fully saturated rings. The lowest BCUT2D eigenvalue weighted by Gasteiger charge is -2.34.